The Hall–Kier alpha value is -2.60. The molecule has 3 rings (SSSR count). The summed E-state index contributed by atoms with van der Waals surface area (Å²) < 4.78 is 7.75. The van der Waals surface area contributed by atoms with Gasteiger partial charge in [-0.2, -0.15) is 5.10 Å². The van der Waals surface area contributed by atoms with Gasteiger partial charge in [0.05, 0.1) is 7.11 Å². The maximum atomic E-state index is 5.37. The number of aromatic nitrogens is 3. The highest BCUT2D eigenvalue weighted by Gasteiger charge is 2.08. The van der Waals surface area contributed by atoms with Gasteiger partial charge in [0, 0.05) is 24.3 Å². The molecule has 0 unspecified atom stereocenters. The van der Waals surface area contributed by atoms with Crippen molar-refractivity contribution in [3.63, 3.8) is 0 Å². The van der Waals surface area contributed by atoms with Crippen molar-refractivity contribution in [2.75, 3.05) is 19.0 Å². The van der Waals surface area contributed by atoms with E-state index in [1.165, 1.54) is 5.56 Å². The monoisotopic (exact) mass is 340 g/mol. The van der Waals surface area contributed by atoms with Crippen LogP contribution in [0.25, 0.3) is 5.69 Å². The number of ether oxygens (including phenoxy) is 1. The van der Waals surface area contributed by atoms with Crippen molar-refractivity contribution in [1.29, 1.82) is 0 Å². The van der Waals surface area contributed by atoms with Crippen molar-refractivity contribution in [3.8, 4) is 11.4 Å². The van der Waals surface area contributed by atoms with Crippen molar-refractivity contribution >= 4 is 17.9 Å². The predicted molar refractivity (Wildman–Crippen MR) is 98.7 cm³/mol. The predicted octanol–water partition coefficient (Wildman–Crippen LogP) is 3.90. The molecule has 0 atom stereocenters. The molecule has 3 aromatic rings. The average Bonchev–Trinajstić information content (AvgIpc) is 2.97. The Kier molecular flexibility index (Phi) is 4.96. The Morgan fingerprint density at radius 2 is 1.83 bits per heavy atom. The summed E-state index contributed by atoms with van der Waals surface area (Å²) in [6, 6.07) is 16.1. The van der Waals surface area contributed by atoms with Crippen LogP contribution in [0.15, 0.2) is 48.5 Å². The van der Waals surface area contributed by atoms with Gasteiger partial charge in [-0.1, -0.05) is 17.7 Å². The number of benzene rings is 2. The van der Waals surface area contributed by atoms with E-state index in [4.69, 9.17) is 17.0 Å². The van der Waals surface area contributed by atoms with E-state index in [2.05, 4.69) is 46.7 Å². The van der Waals surface area contributed by atoms with E-state index < -0.39 is 0 Å². The van der Waals surface area contributed by atoms with Gasteiger partial charge in [0.1, 0.15) is 11.6 Å². The first kappa shape index (κ1) is 16.3. The Labute approximate surface area is 146 Å². The molecule has 0 aliphatic heterocycles. The first-order valence-corrected chi connectivity index (χ1v) is 8.19. The van der Waals surface area contributed by atoms with Crippen LogP contribution in [0, 0.1) is 11.7 Å². The molecule has 24 heavy (non-hydrogen) atoms. The van der Waals surface area contributed by atoms with E-state index in [9.17, 15) is 0 Å². The summed E-state index contributed by atoms with van der Waals surface area (Å²) in [5.41, 5.74) is 3.29. The lowest BCUT2D eigenvalue weighted by Gasteiger charge is -2.09. The fraction of sp³-hybridized carbons (Fsp3) is 0.222. The third kappa shape index (κ3) is 3.65. The van der Waals surface area contributed by atoms with E-state index in [-0.39, 0.29) is 0 Å². The molecule has 0 aliphatic carbocycles. The van der Waals surface area contributed by atoms with Crippen molar-refractivity contribution in [3.05, 3.63) is 64.7 Å². The van der Waals surface area contributed by atoms with Gasteiger partial charge in [0.25, 0.3) is 0 Å². The van der Waals surface area contributed by atoms with Gasteiger partial charge < -0.3 is 10.1 Å². The molecule has 1 aromatic heterocycles. The lowest BCUT2D eigenvalue weighted by molar-refractivity contribution is 0.415. The molecule has 0 saturated heterocycles. The smallest absolute Gasteiger partial charge is 0.199 e. The second-order valence-corrected chi connectivity index (χ2v) is 5.91. The average molecular weight is 340 g/mol. The summed E-state index contributed by atoms with van der Waals surface area (Å²) in [4.78, 5) is 0. The van der Waals surface area contributed by atoms with Gasteiger partial charge in [-0.3, -0.25) is 9.67 Å². The Morgan fingerprint density at radius 1 is 1.12 bits per heavy atom. The number of anilines is 1. The minimum Gasteiger partial charge on any atom is -0.497 e. The minimum atomic E-state index is 0.610. The second-order valence-electron chi connectivity index (χ2n) is 5.52. The van der Waals surface area contributed by atoms with E-state index in [1.807, 2.05) is 28.8 Å². The van der Waals surface area contributed by atoms with Gasteiger partial charge in [0.2, 0.25) is 0 Å². The number of nitrogens with zero attached hydrogens (tertiary/aromatic N) is 2. The Morgan fingerprint density at radius 3 is 2.50 bits per heavy atom. The summed E-state index contributed by atoms with van der Waals surface area (Å²) in [7, 11) is 1.66. The normalized spacial score (nSPS) is 10.6. The van der Waals surface area contributed by atoms with Crippen LogP contribution >= 0.6 is 12.2 Å². The fourth-order valence-electron chi connectivity index (χ4n) is 2.48. The van der Waals surface area contributed by atoms with Crippen LogP contribution in [-0.2, 0) is 6.42 Å². The Balaban J connectivity index is 1.69. The van der Waals surface area contributed by atoms with Crippen LogP contribution < -0.4 is 10.1 Å². The fourth-order valence-corrected chi connectivity index (χ4v) is 2.74. The van der Waals surface area contributed by atoms with Crippen molar-refractivity contribution < 1.29 is 4.74 Å². The molecule has 6 heteroatoms. The maximum absolute atomic E-state index is 5.37. The number of hydrogen-bond acceptors (Lipinski definition) is 4. The molecule has 0 saturated carbocycles. The molecule has 1 heterocycles. The third-order valence-corrected chi connectivity index (χ3v) is 4.08. The lowest BCUT2D eigenvalue weighted by atomic mass is 10.2. The van der Waals surface area contributed by atoms with Crippen molar-refractivity contribution in [1.82, 2.24) is 14.8 Å². The highest BCUT2D eigenvalue weighted by atomic mass is 32.1. The standard InChI is InChI=1S/C18H20N4OS/c1-13-3-7-15(8-4-13)22-17(20-21-18(22)24)11-12-19-14-5-9-16(23-2)10-6-14/h3-10,19H,11-12H2,1-2H3,(H,21,24). The minimum absolute atomic E-state index is 0.610. The molecule has 0 fully saturated rings. The highest BCUT2D eigenvalue weighted by Crippen LogP contribution is 2.16. The van der Waals surface area contributed by atoms with Crippen LogP contribution in [0.3, 0.4) is 0 Å². The van der Waals surface area contributed by atoms with Crippen LogP contribution in [-0.4, -0.2) is 28.4 Å². The molecule has 2 N–H and O–H groups in total. The van der Waals surface area contributed by atoms with E-state index >= 15 is 0 Å². The summed E-state index contributed by atoms with van der Waals surface area (Å²) in [5, 5.41) is 10.6. The number of hydrogen-bond donors (Lipinski definition) is 2. The maximum Gasteiger partial charge on any atom is 0.199 e. The molecule has 0 amide bonds. The molecular weight excluding hydrogens is 320 g/mol. The quantitative estimate of drug-likeness (QED) is 0.668. The van der Waals surface area contributed by atoms with Crippen molar-refractivity contribution in [2.45, 2.75) is 13.3 Å². The first-order valence-electron chi connectivity index (χ1n) is 7.78. The highest BCUT2D eigenvalue weighted by molar-refractivity contribution is 7.71. The zero-order valence-electron chi connectivity index (χ0n) is 13.7. The zero-order chi connectivity index (χ0) is 16.9. The molecule has 2 aromatic carbocycles. The lowest BCUT2D eigenvalue weighted by Crippen LogP contribution is -2.09. The van der Waals surface area contributed by atoms with Crippen LogP contribution in [0.2, 0.25) is 0 Å². The van der Waals surface area contributed by atoms with Crippen molar-refractivity contribution in [2.24, 2.45) is 0 Å². The first-order chi connectivity index (χ1) is 11.7. The molecule has 0 bridgehead atoms. The summed E-state index contributed by atoms with van der Waals surface area (Å²) >= 11 is 5.37. The largest absolute Gasteiger partial charge is 0.497 e. The van der Waals surface area contributed by atoms with Gasteiger partial charge in [0.15, 0.2) is 4.77 Å². The van der Waals surface area contributed by atoms with Gasteiger partial charge in [-0.25, -0.2) is 0 Å². The molecule has 5 nitrogen and oxygen atoms in total. The summed E-state index contributed by atoms with van der Waals surface area (Å²) in [6.07, 6.45) is 0.757. The Bertz CT molecular complexity index is 850. The van der Waals surface area contributed by atoms with Gasteiger partial charge in [-0.15, -0.1) is 0 Å². The summed E-state index contributed by atoms with van der Waals surface area (Å²) in [6.45, 7) is 2.83. The molecule has 0 radical (unpaired) electrons. The summed E-state index contributed by atoms with van der Waals surface area (Å²) in [5.74, 6) is 1.76. The van der Waals surface area contributed by atoms with Crippen LogP contribution in [0.5, 0.6) is 5.75 Å². The number of nitrogens with one attached hydrogen (secondary N) is 2. The number of H-pyrrole nitrogens is 1. The zero-order valence-corrected chi connectivity index (χ0v) is 14.6. The number of rotatable bonds is 6. The van der Waals surface area contributed by atoms with Gasteiger partial charge >= 0.3 is 0 Å². The molecular formula is C18H20N4OS. The number of aromatic amines is 1. The molecule has 124 valence electrons. The molecule has 0 spiro atoms. The van der Waals surface area contributed by atoms with E-state index in [0.717, 1.165) is 35.9 Å². The van der Waals surface area contributed by atoms with Gasteiger partial charge in [-0.05, 0) is 55.5 Å². The third-order valence-electron chi connectivity index (χ3n) is 3.80. The van der Waals surface area contributed by atoms with E-state index in [1.54, 1.807) is 7.11 Å². The SMILES string of the molecule is COc1ccc(NCCc2n[nH]c(=S)n2-c2ccc(C)cc2)cc1. The molecule has 0 aliphatic rings. The van der Waals surface area contributed by atoms with Crippen LogP contribution in [0.1, 0.15) is 11.4 Å². The van der Waals surface area contributed by atoms with E-state index in [0.29, 0.717) is 4.77 Å². The second kappa shape index (κ2) is 7.31. The number of aryl methyl sites for hydroxylation is 1. The van der Waals surface area contributed by atoms with Crippen LogP contribution in [0.4, 0.5) is 5.69 Å². The topological polar surface area (TPSA) is 54.9 Å². The number of methoxy groups -OCH3 is 1.